The Morgan fingerprint density at radius 1 is 1.13 bits per heavy atom. The zero-order valence-corrected chi connectivity index (χ0v) is 10.1. The lowest BCUT2D eigenvalue weighted by Gasteiger charge is -2.27. The minimum absolute atomic E-state index is 0.0210. The topological polar surface area (TPSA) is 34.1 Å². The van der Waals surface area contributed by atoms with E-state index in [4.69, 9.17) is 0 Å². The summed E-state index contributed by atoms with van der Waals surface area (Å²) in [7, 11) is 0. The van der Waals surface area contributed by atoms with E-state index in [9.17, 15) is 9.59 Å². The van der Waals surface area contributed by atoms with E-state index < -0.39 is 0 Å². The van der Waals surface area contributed by atoms with E-state index in [2.05, 4.69) is 0 Å². The van der Waals surface area contributed by atoms with Crippen LogP contribution < -0.4 is 0 Å². The average Bonchev–Trinajstić information content (AvgIpc) is 2.51. The third-order valence-electron chi connectivity index (χ3n) is 3.48. The summed E-state index contributed by atoms with van der Waals surface area (Å²) in [5.74, 6) is 0.654. The van der Waals surface area contributed by atoms with Gasteiger partial charge in [-0.2, -0.15) is 0 Å². The monoisotopic (exact) mass is 210 g/mol. The molecule has 1 fully saturated rings. The Hall–Kier alpha value is -0.660. The lowest BCUT2D eigenvalue weighted by molar-refractivity contribution is -0.125. The number of hydrogen-bond acceptors (Lipinski definition) is 2. The van der Waals surface area contributed by atoms with Gasteiger partial charge in [0.05, 0.1) is 0 Å². The molecule has 2 heteroatoms. The van der Waals surface area contributed by atoms with Gasteiger partial charge in [0.2, 0.25) is 0 Å². The Balaban J connectivity index is 2.65. The summed E-state index contributed by atoms with van der Waals surface area (Å²) in [5.41, 5.74) is 0.0210. The number of ketones is 2. The predicted molar refractivity (Wildman–Crippen MR) is 60.7 cm³/mol. The van der Waals surface area contributed by atoms with Crippen molar-refractivity contribution in [3.05, 3.63) is 0 Å². The molecule has 0 radical (unpaired) electrons. The number of carbonyl (C=O) groups excluding carboxylic acids is 2. The van der Waals surface area contributed by atoms with Crippen LogP contribution in [-0.2, 0) is 9.59 Å². The van der Waals surface area contributed by atoms with Gasteiger partial charge in [0, 0.05) is 18.8 Å². The minimum atomic E-state index is 0.0210. The second-order valence-electron chi connectivity index (χ2n) is 5.38. The molecule has 0 unspecified atom stereocenters. The van der Waals surface area contributed by atoms with E-state index in [1.165, 1.54) is 12.8 Å². The second kappa shape index (κ2) is 4.91. The molecule has 1 aliphatic carbocycles. The van der Waals surface area contributed by atoms with E-state index in [0.29, 0.717) is 18.6 Å². The Morgan fingerprint density at radius 3 is 2.07 bits per heavy atom. The first-order valence-corrected chi connectivity index (χ1v) is 5.97. The van der Waals surface area contributed by atoms with E-state index >= 15 is 0 Å². The van der Waals surface area contributed by atoms with Gasteiger partial charge in [-0.05, 0) is 25.2 Å². The first-order chi connectivity index (χ1) is 6.95. The fourth-order valence-electron chi connectivity index (χ4n) is 2.64. The van der Waals surface area contributed by atoms with E-state index in [0.717, 1.165) is 12.8 Å². The summed E-state index contributed by atoms with van der Waals surface area (Å²) in [6.45, 7) is 5.53. The zero-order valence-electron chi connectivity index (χ0n) is 10.1. The Bertz CT molecular complexity index is 247. The Labute approximate surface area is 92.4 Å². The summed E-state index contributed by atoms with van der Waals surface area (Å²) in [6.07, 6.45) is 5.70. The highest BCUT2D eigenvalue weighted by molar-refractivity contribution is 5.82. The highest BCUT2D eigenvalue weighted by Gasteiger charge is 2.37. The predicted octanol–water partition coefficient (Wildman–Crippen LogP) is 3.14. The quantitative estimate of drug-likeness (QED) is 0.698. The van der Waals surface area contributed by atoms with Gasteiger partial charge in [-0.25, -0.2) is 0 Å². The van der Waals surface area contributed by atoms with Gasteiger partial charge >= 0.3 is 0 Å². The van der Waals surface area contributed by atoms with Gasteiger partial charge in [-0.3, -0.25) is 4.79 Å². The Kier molecular flexibility index (Phi) is 4.06. The van der Waals surface area contributed by atoms with Gasteiger partial charge in [0.1, 0.15) is 11.6 Å². The van der Waals surface area contributed by atoms with Gasteiger partial charge < -0.3 is 4.79 Å². The molecule has 0 heterocycles. The van der Waals surface area contributed by atoms with E-state index in [1.54, 1.807) is 6.92 Å². The van der Waals surface area contributed by atoms with Crippen LogP contribution in [0.5, 0.6) is 0 Å². The molecule has 0 aromatic carbocycles. The minimum Gasteiger partial charge on any atom is -0.300 e. The molecule has 2 nitrogen and oxygen atoms in total. The van der Waals surface area contributed by atoms with Crippen molar-refractivity contribution in [3.8, 4) is 0 Å². The van der Waals surface area contributed by atoms with Crippen LogP contribution in [-0.4, -0.2) is 11.6 Å². The number of hydrogen-bond donors (Lipinski definition) is 0. The van der Waals surface area contributed by atoms with Gasteiger partial charge in [-0.1, -0.05) is 26.7 Å². The van der Waals surface area contributed by atoms with Crippen molar-refractivity contribution in [2.45, 2.75) is 59.3 Å². The molecule has 86 valence electrons. The third kappa shape index (κ3) is 3.44. The maximum absolute atomic E-state index is 11.8. The molecule has 1 saturated carbocycles. The van der Waals surface area contributed by atoms with E-state index in [-0.39, 0.29) is 17.1 Å². The summed E-state index contributed by atoms with van der Waals surface area (Å²) in [4.78, 5) is 23.0. The summed E-state index contributed by atoms with van der Waals surface area (Å²) in [6, 6.07) is 0. The lowest BCUT2D eigenvalue weighted by Crippen LogP contribution is -2.25. The van der Waals surface area contributed by atoms with E-state index in [1.807, 2.05) is 13.8 Å². The highest BCUT2D eigenvalue weighted by atomic mass is 16.1. The van der Waals surface area contributed by atoms with Crippen LogP contribution >= 0.6 is 0 Å². The van der Waals surface area contributed by atoms with Crippen molar-refractivity contribution in [3.63, 3.8) is 0 Å². The molecule has 0 aromatic rings. The van der Waals surface area contributed by atoms with Crippen molar-refractivity contribution < 1.29 is 9.59 Å². The molecule has 15 heavy (non-hydrogen) atoms. The number of Topliss-reactive ketones (excluding diaryl/α,β-unsaturated/α-hetero) is 2. The molecule has 0 atom stereocenters. The summed E-state index contributed by atoms with van der Waals surface area (Å²) < 4.78 is 0. The lowest BCUT2D eigenvalue weighted by atomic mass is 9.75. The maximum Gasteiger partial charge on any atom is 0.135 e. The van der Waals surface area contributed by atoms with Gasteiger partial charge in [0.15, 0.2) is 0 Å². The standard InChI is InChI=1S/C13H22O2/c1-10(2)12(15)9-13(8-11(3)14)6-4-5-7-13/h10H,4-9H2,1-3H3. The fraction of sp³-hybridized carbons (Fsp3) is 0.846. The second-order valence-corrected chi connectivity index (χ2v) is 5.38. The molecular weight excluding hydrogens is 188 g/mol. The highest BCUT2D eigenvalue weighted by Crippen LogP contribution is 2.44. The van der Waals surface area contributed by atoms with Crippen molar-refractivity contribution in [2.75, 3.05) is 0 Å². The van der Waals surface area contributed by atoms with Crippen LogP contribution in [0.3, 0.4) is 0 Å². The average molecular weight is 210 g/mol. The van der Waals surface area contributed by atoms with Crippen LogP contribution in [0, 0.1) is 11.3 Å². The van der Waals surface area contributed by atoms with Crippen LogP contribution in [0.1, 0.15) is 59.3 Å². The molecule has 0 N–H and O–H groups in total. The third-order valence-corrected chi connectivity index (χ3v) is 3.48. The van der Waals surface area contributed by atoms with Crippen molar-refractivity contribution in [1.82, 2.24) is 0 Å². The molecule has 0 amide bonds. The molecule has 0 spiro atoms. The molecule has 1 rings (SSSR count). The van der Waals surface area contributed by atoms with Crippen LogP contribution in [0.2, 0.25) is 0 Å². The van der Waals surface area contributed by atoms with Crippen LogP contribution in [0.25, 0.3) is 0 Å². The molecule has 0 bridgehead atoms. The summed E-state index contributed by atoms with van der Waals surface area (Å²) >= 11 is 0. The molecule has 0 aromatic heterocycles. The van der Waals surface area contributed by atoms with Crippen molar-refractivity contribution in [2.24, 2.45) is 11.3 Å². The zero-order chi connectivity index (χ0) is 11.5. The number of carbonyl (C=O) groups is 2. The largest absolute Gasteiger partial charge is 0.300 e. The van der Waals surface area contributed by atoms with Gasteiger partial charge in [0.25, 0.3) is 0 Å². The van der Waals surface area contributed by atoms with Crippen molar-refractivity contribution >= 4 is 11.6 Å². The fourth-order valence-corrected chi connectivity index (χ4v) is 2.64. The van der Waals surface area contributed by atoms with Crippen molar-refractivity contribution in [1.29, 1.82) is 0 Å². The van der Waals surface area contributed by atoms with Gasteiger partial charge in [-0.15, -0.1) is 0 Å². The molecule has 0 aliphatic heterocycles. The molecule has 0 saturated heterocycles. The normalized spacial score (nSPS) is 19.5. The molecular formula is C13H22O2. The van der Waals surface area contributed by atoms with Crippen LogP contribution in [0.4, 0.5) is 0 Å². The first kappa shape index (κ1) is 12.4. The first-order valence-electron chi connectivity index (χ1n) is 5.97. The molecule has 1 aliphatic rings. The summed E-state index contributed by atoms with van der Waals surface area (Å²) in [5, 5.41) is 0. The SMILES string of the molecule is CC(=O)CC1(CC(=O)C(C)C)CCCC1. The number of rotatable bonds is 5. The van der Waals surface area contributed by atoms with Crippen LogP contribution in [0.15, 0.2) is 0 Å². The Morgan fingerprint density at radius 2 is 1.67 bits per heavy atom. The smallest absolute Gasteiger partial charge is 0.135 e. The maximum atomic E-state index is 11.8.